The zero-order valence-electron chi connectivity index (χ0n) is 16.0. The van der Waals surface area contributed by atoms with Gasteiger partial charge >= 0.3 is 12.1 Å². The first-order valence-corrected chi connectivity index (χ1v) is 10.3. The van der Waals surface area contributed by atoms with Gasteiger partial charge in [0.25, 0.3) is 0 Å². The molecule has 0 aromatic carbocycles. The summed E-state index contributed by atoms with van der Waals surface area (Å²) in [4.78, 5) is 27.2. The van der Waals surface area contributed by atoms with E-state index in [9.17, 15) is 22.8 Å². The SMILES string of the molecule is Cc1ccc(C(C(=O)NC2CCCCC2)N(Cc2ccco2)C(=O)C(F)(F)F)s1. The molecule has 0 radical (unpaired) electrons. The normalized spacial score (nSPS) is 16.4. The third kappa shape index (κ3) is 5.41. The third-order valence-electron chi connectivity index (χ3n) is 4.95. The number of halogens is 3. The number of alkyl halides is 3. The Morgan fingerprint density at radius 1 is 1.24 bits per heavy atom. The summed E-state index contributed by atoms with van der Waals surface area (Å²) in [5.74, 6) is -2.49. The van der Waals surface area contributed by atoms with E-state index in [2.05, 4.69) is 5.32 Å². The second-order valence-corrected chi connectivity index (χ2v) is 8.52. The molecule has 1 aliphatic rings. The molecule has 1 fully saturated rings. The van der Waals surface area contributed by atoms with E-state index in [1.807, 2.05) is 0 Å². The number of thiophene rings is 1. The summed E-state index contributed by atoms with van der Waals surface area (Å²) in [6, 6.07) is 4.86. The highest BCUT2D eigenvalue weighted by Gasteiger charge is 2.47. The van der Waals surface area contributed by atoms with Crippen LogP contribution in [0.1, 0.15) is 53.7 Å². The molecule has 1 unspecified atom stereocenters. The molecule has 2 aromatic rings. The number of hydrogen-bond acceptors (Lipinski definition) is 4. The number of amides is 2. The van der Waals surface area contributed by atoms with Crippen molar-refractivity contribution in [3.63, 3.8) is 0 Å². The summed E-state index contributed by atoms with van der Waals surface area (Å²) >= 11 is 1.20. The van der Waals surface area contributed by atoms with Gasteiger partial charge in [0.2, 0.25) is 5.91 Å². The summed E-state index contributed by atoms with van der Waals surface area (Å²) in [5, 5.41) is 2.87. The molecule has 9 heteroatoms. The van der Waals surface area contributed by atoms with Crippen LogP contribution in [0.5, 0.6) is 0 Å². The Labute approximate surface area is 170 Å². The van der Waals surface area contributed by atoms with Crippen LogP contribution in [0.25, 0.3) is 0 Å². The molecule has 1 saturated carbocycles. The van der Waals surface area contributed by atoms with Crippen molar-refractivity contribution in [1.29, 1.82) is 0 Å². The van der Waals surface area contributed by atoms with Crippen molar-refractivity contribution in [2.24, 2.45) is 0 Å². The lowest BCUT2D eigenvalue weighted by Gasteiger charge is -2.32. The van der Waals surface area contributed by atoms with Crippen molar-refractivity contribution in [2.45, 2.75) is 63.8 Å². The standard InChI is InChI=1S/C20H23F3N2O3S/c1-13-9-10-16(29-13)17(18(26)24-14-6-3-2-4-7-14)25(19(27)20(21,22)23)12-15-8-5-11-28-15/h5,8-11,14,17H,2-4,6-7,12H2,1H3,(H,24,26). The van der Waals surface area contributed by atoms with Crippen LogP contribution in [0.3, 0.4) is 0 Å². The van der Waals surface area contributed by atoms with Crippen molar-refractivity contribution in [3.8, 4) is 0 Å². The van der Waals surface area contributed by atoms with Crippen molar-refractivity contribution >= 4 is 23.2 Å². The minimum Gasteiger partial charge on any atom is -0.467 e. The second-order valence-electron chi connectivity index (χ2n) is 7.20. The van der Waals surface area contributed by atoms with E-state index in [0.29, 0.717) is 9.78 Å². The van der Waals surface area contributed by atoms with Crippen molar-refractivity contribution in [3.05, 3.63) is 46.0 Å². The molecule has 0 bridgehead atoms. The Balaban J connectivity index is 1.94. The predicted octanol–water partition coefficient (Wildman–Crippen LogP) is 4.73. The summed E-state index contributed by atoms with van der Waals surface area (Å²) in [6.45, 7) is 1.34. The quantitative estimate of drug-likeness (QED) is 0.724. The number of furan rings is 1. The lowest BCUT2D eigenvalue weighted by molar-refractivity contribution is -0.189. The van der Waals surface area contributed by atoms with Gasteiger partial charge in [0.1, 0.15) is 11.8 Å². The fourth-order valence-corrected chi connectivity index (χ4v) is 4.56. The Bertz CT molecular complexity index is 826. The van der Waals surface area contributed by atoms with Crippen LogP contribution < -0.4 is 5.32 Å². The molecule has 0 saturated heterocycles. The number of nitrogens with one attached hydrogen (secondary N) is 1. The van der Waals surface area contributed by atoms with E-state index in [1.165, 1.54) is 29.7 Å². The second kappa shape index (κ2) is 9.02. The Kier molecular flexibility index (Phi) is 6.66. The lowest BCUT2D eigenvalue weighted by atomic mass is 9.95. The molecular weight excluding hydrogens is 405 g/mol. The molecule has 158 valence electrons. The van der Waals surface area contributed by atoms with Crippen molar-refractivity contribution in [2.75, 3.05) is 0 Å². The van der Waals surface area contributed by atoms with E-state index in [4.69, 9.17) is 4.42 Å². The average Bonchev–Trinajstić information content (AvgIpc) is 3.32. The van der Waals surface area contributed by atoms with Crippen LogP contribution >= 0.6 is 11.3 Å². The summed E-state index contributed by atoms with van der Waals surface area (Å²) in [5.41, 5.74) is 0. The van der Waals surface area contributed by atoms with E-state index in [1.54, 1.807) is 19.1 Å². The Morgan fingerprint density at radius 2 is 1.97 bits per heavy atom. The topological polar surface area (TPSA) is 62.6 Å². The number of rotatable bonds is 6. The molecular formula is C20H23F3N2O3S. The fourth-order valence-electron chi connectivity index (χ4n) is 3.57. The minimum absolute atomic E-state index is 0.0914. The monoisotopic (exact) mass is 428 g/mol. The van der Waals surface area contributed by atoms with E-state index in [0.717, 1.165) is 37.0 Å². The summed E-state index contributed by atoms with van der Waals surface area (Å²) in [6.07, 6.45) is 0.786. The van der Waals surface area contributed by atoms with E-state index >= 15 is 0 Å². The fraction of sp³-hybridized carbons (Fsp3) is 0.500. The number of hydrogen-bond donors (Lipinski definition) is 1. The lowest BCUT2D eigenvalue weighted by Crippen LogP contribution is -2.49. The van der Waals surface area contributed by atoms with Gasteiger partial charge in [-0.1, -0.05) is 19.3 Å². The predicted molar refractivity (Wildman–Crippen MR) is 102 cm³/mol. The van der Waals surface area contributed by atoms with Gasteiger partial charge in [-0.15, -0.1) is 11.3 Å². The maximum Gasteiger partial charge on any atom is 0.471 e. The molecule has 0 spiro atoms. The van der Waals surface area contributed by atoms with Gasteiger partial charge in [-0.05, 0) is 44.0 Å². The van der Waals surface area contributed by atoms with Crippen molar-refractivity contribution in [1.82, 2.24) is 10.2 Å². The highest BCUT2D eigenvalue weighted by Crippen LogP contribution is 2.33. The maximum atomic E-state index is 13.4. The van der Waals surface area contributed by atoms with Gasteiger partial charge in [0, 0.05) is 15.8 Å². The molecule has 0 aliphatic heterocycles. The van der Waals surface area contributed by atoms with Crippen LogP contribution in [0.2, 0.25) is 0 Å². The zero-order valence-corrected chi connectivity index (χ0v) is 16.8. The summed E-state index contributed by atoms with van der Waals surface area (Å²) in [7, 11) is 0. The first-order valence-electron chi connectivity index (χ1n) is 9.52. The molecule has 29 heavy (non-hydrogen) atoms. The van der Waals surface area contributed by atoms with Crippen molar-refractivity contribution < 1.29 is 27.2 Å². The molecule has 3 rings (SSSR count). The highest BCUT2D eigenvalue weighted by molar-refractivity contribution is 7.12. The van der Waals surface area contributed by atoms with Gasteiger partial charge in [0.15, 0.2) is 0 Å². The average molecular weight is 428 g/mol. The smallest absolute Gasteiger partial charge is 0.467 e. The molecule has 2 aromatic heterocycles. The third-order valence-corrected chi connectivity index (χ3v) is 6.00. The van der Waals surface area contributed by atoms with Crippen LogP contribution in [-0.2, 0) is 16.1 Å². The first-order chi connectivity index (χ1) is 13.8. The van der Waals surface area contributed by atoms with Crippen LogP contribution in [0, 0.1) is 6.92 Å². The van der Waals surface area contributed by atoms with Gasteiger partial charge in [-0.3, -0.25) is 9.59 Å². The van der Waals surface area contributed by atoms with Crippen LogP contribution in [0.15, 0.2) is 34.9 Å². The number of carbonyl (C=O) groups is 2. The molecule has 1 atom stereocenters. The first kappa shape index (κ1) is 21.4. The largest absolute Gasteiger partial charge is 0.471 e. The van der Waals surface area contributed by atoms with Gasteiger partial charge in [-0.2, -0.15) is 13.2 Å². The summed E-state index contributed by atoms with van der Waals surface area (Å²) < 4.78 is 45.3. The molecule has 1 aliphatic carbocycles. The molecule has 5 nitrogen and oxygen atoms in total. The maximum absolute atomic E-state index is 13.4. The molecule has 2 amide bonds. The van der Waals surface area contributed by atoms with Gasteiger partial charge in [-0.25, -0.2) is 0 Å². The van der Waals surface area contributed by atoms with Gasteiger partial charge in [0.05, 0.1) is 12.8 Å². The zero-order chi connectivity index (χ0) is 21.0. The minimum atomic E-state index is -5.11. The highest BCUT2D eigenvalue weighted by atomic mass is 32.1. The number of carbonyl (C=O) groups excluding carboxylic acids is 2. The van der Waals surface area contributed by atoms with E-state index < -0.39 is 30.6 Å². The van der Waals surface area contributed by atoms with Crippen LogP contribution in [0.4, 0.5) is 13.2 Å². The number of aryl methyl sites for hydroxylation is 1. The number of nitrogens with zero attached hydrogens (tertiary/aromatic N) is 1. The molecule has 2 heterocycles. The van der Waals surface area contributed by atoms with Gasteiger partial charge < -0.3 is 14.6 Å². The van der Waals surface area contributed by atoms with E-state index in [-0.39, 0.29) is 11.8 Å². The molecule has 1 N–H and O–H groups in total. The van der Waals surface area contributed by atoms with Crippen LogP contribution in [-0.4, -0.2) is 28.9 Å². The Morgan fingerprint density at radius 3 is 2.52 bits per heavy atom. The Hall–Kier alpha value is -2.29.